The Hall–Kier alpha value is -2.28. The van der Waals surface area contributed by atoms with Crippen molar-refractivity contribution in [2.45, 2.75) is 25.1 Å². The molecule has 130 valence electrons. The molecule has 5 nitrogen and oxygen atoms in total. The third kappa shape index (κ3) is 2.54. The van der Waals surface area contributed by atoms with Gasteiger partial charge in [-0.25, -0.2) is 9.18 Å². The lowest BCUT2D eigenvalue weighted by Crippen LogP contribution is -2.65. The van der Waals surface area contributed by atoms with E-state index in [1.54, 1.807) is 19.2 Å². The molecular weight excluding hydrogens is 391 g/mol. The molecule has 4 rings (SSSR count). The zero-order chi connectivity index (χ0) is 17.8. The Labute approximate surface area is 152 Å². The standard InChI is InChI=1S/C18H16BrFN2O3/c1-18-9-14(13-6-10(19)7-15(24-2)16(13)25-18)21-17(23)22(18)12-5-3-4-11(20)8-12/h3-8,14H,9H2,1-2H3,(H,21,23)/t14-,18-/m1/s1. The van der Waals surface area contributed by atoms with Crippen LogP contribution in [0, 0.1) is 5.82 Å². The highest BCUT2D eigenvalue weighted by Gasteiger charge is 2.50. The van der Waals surface area contributed by atoms with Crippen LogP contribution >= 0.6 is 15.9 Å². The van der Waals surface area contributed by atoms with Crippen molar-refractivity contribution in [2.24, 2.45) is 0 Å². The normalized spacial score (nSPS) is 24.2. The van der Waals surface area contributed by atoms with E-state index in [0.29, 0.717) is 23.6 Å². The van der Waals surface area contributed by atoms with Gasteiger partial charge in [-0.2, -0.15) is 0 Å². The molecule has 0 radical (unpaired) electrons. The summed E-state index contributed by atoms with van der Waals surface area (Å²) in [4.78, 5) is 14.2. The van der Waals surface area contributed by atoms with E-state index in [-0.39, 0.29) is 12.1 Å². The third-order valence-corrected chi connectivity index (χ3v) is 5.05. The van der Waals surface area contributed by atoms with Crippen LogP contribution in [0.25, 0.3) is 0 Å². The Bertz CT molecular complexity index is 875. The lowest BCUT2D eigenvalue weighted by molar-refractivity contribution is 0.0349. The molecule has 1 fully saturated rings. The van der Waals surface area contributed by atoms with Gasteiger partial charge in [0.1, 0.15) is 5.82 Å². The molecule has 0 unspecified atom stereocenters. The van der Waals surface area contributed by atoms with Crippen LogP contribution in [0.1, 0.15) is 24.9 Å². The van der Waals surface area contributed by atoms with Gasteiger partial charge in [0.05, 0.1) is 18.8 Å². The van der Waals surface area contributed by atoms with Crippen molar-refractivity contribution in [2.75, 3.05) is 12.0 Å². The summed E-state index contributed by atoms with van der Waals surface area (Å²) in [5, 5.41) is 2.98. The van der Waals surface area contributed by atoms with Gasteiger partial charge in [0.15, 0.2) is 17.2 Å². The smallest absolute Gasteiger partial charge is 0.325 e. The molecule has 2 aromatic carbocycles. The number of nitrogens with one attached hydrogen (secondary N) is 1. The molecule has 0 saturated carbocycles. The number of hydrogen-bond acceptors (Lipinski definition) is 3. The van der Waals surface area contributed by atoms with Crippen molar-refractivity contribution in [3.8, 4) is 11.5 Å². The molecule has 2 amide bonds. The second kappa shape index (κ2) is 5.62. The SMILES string of the molecule is COc1cc(Br)cc2c1O[C@]1(C)C[C@H]2NC(=O)N1c1cccc(F)c1. The number of anilines is 1. The molecule has 0 aliphatic carbocycles. The van der Waals surface area contributed by atoms with Crippen molar-refractivity contribution in [1.29, 1.82) is 0 Å². The summed E-state index contributed by atoms with van der Waals surface area (Å²) in [5.74, 6) is 0.759. The number of rotatable bonds is 2. The summed E-state index contributed by atoms with van der Waals surface area (Å²) in [6, 6.07) is 9.12. The molecule has 2 aliphatic heterocycles. The first-order valence-electron chi connectivity index (χ1n) is 7.84. The van der Waals surface area contributed by atoms with Crippen LogP contribution in [0.4, 0.5) is 14.9 Å². The second-order valence-electron chi connectivity index (χ2n) is 6.32. The zero-order valence-corrected chi connectivity index (χ0v) is 15.3. The number of urea groups is 1. The van der Waals surface area contributed by atoms with E-state index in [2.05, 4.69) is 21.2 Å². The highest BCUT2D eigenvalue weighted by atomic mass is 79.9. The lowest BCUT2D eigenvalue weighted by atomic mass is 9.90. The number of nitrogens with zero attached hydrogens (tertiary/aromatic N) is 1. The van der Waals surface area contributed by atoms with Crippen molar-refractivity contribution >= 4 is 27.6 Å². The molecule has 2 heterocycles. The summed E-state index contributed by atoms with van der Waals surface area (Å²) < 4.78 is 26.2. The van der Waals surface area contributed by atoms with Gasteiger partial charge < -0.3 is 14.8 Å². The van der Waals surface area contributed by atoms with Crippen LogP contribution in [0.3, 0.4) is 0 Å². The Balaban J connectivity index is 1.84. The monoisotopic (exact) mass is 406 g/mol. The average molecular weight is 407 g/mol. The Morgan fingerprint density at radius 1 is 1.40 bits per heavy atom. The Morgan fingerprint density at radius 2 is 2.20 bits per heavy atom. The van der Waals surface area contributed by atoms with Crippen LogP contribution < -0.4 is 19.7 Å². The number of benzene rings is 2. The van der Waals surface area contributed by atoms with Crippen molar-refractivity contribution in [3.05, 3.63) is 52.3 Å². The van der Waals surface area contributed by atoms with Gasteiger partial charge in [-0.05, 0) is 37.3 Å². The summed E-state index contributed by atoms with van der Waals surface area (Å²) >= 11 is 3.46. The van der Waals surface area contributed by atoms with Crippen LogP contribution in [-0.2, 0) is 0 Å². The predicted molar refractivity (Wildman–Crippen MR) is 94.5 cm³/mol. The minimum atomic E-state index is -0.950. The molecule has 0 spiro atoms. The van der Waals surface area contributed by atoms with Gasteiger partial charge in [0, 0.05) is 16.5 Å². The molecular formula is C18H16BrFN2O3. The molecule has 2 atom stereocenters. The number of carbonyl (C=O) groups excluding carboxylic acids is 1. The third-order valence-electron chi connectivity index (χ3n) is 4.59. The van der Waals surface area contributed by atoms with Crippen molar-refractivity contribution in [1.82, 2.24) is 5.32 Å². The Kier molecular flexibility index (Phi) is 3.64. The quantitative estimate of drug-likeness (QED) is 0.805. The van der Waals surface area contributed by atoms with Gasteiger partial charge in [-0.15, -0.1) is 0 Å². The maximum absolute atomic E-state index is 13.7. The number of methoxy groups -OCH3 is 1. The first kappa shape index (κ1) is 16.2. The Morgan fingerprint density at radius 3 is 2.92 bits per heavy atom. The molecule has 2 bridgehead atoms. The van der Waals surface area contributed by atoms with E-state index in [9.17, 15) is 9.18 Å². The number of amides is 2. The summed E-state index contributed by atoms with van der Waals surface area (Å²) in [7, 11) is 1.57. The van der Waals surface area contributed by atoms with Gasteiger partial charge in [0.25, 0.3) is 0 Å². The molecule has 7 heteroatoms. The number of ether oxygens (including phenoxy) is 2. The first-order chi connectivity index (χ1) is 11.9. The van der Waals surface area contributed by atoms with Crippen LogP contribution in [0.15, 0.2) is 40.9 Å². The van der Waals surface area contributed by atoms with Gasteiger partial charge in [-0.1, -0.05) is 22.0 Å². The second-order valence-corrected chi connectivity index (χ2v) is 7.24. The fourth-order valence-corrected chi connectivity index (χ4v) is 4.01. The van der Waals surface area contributed by atoms with E-state index in [4.69, 9.17) is 9.47 Å². The predicted octanol–water partition coefficient (Wildman–Crippen LogP) is 4.37. The van der Waals surface area contributed by atoms with E-state index in [1.165, 1.54) is 17.0 Å². The van der Waals surface area contributed by atoms with Gasteiger partial charge >= 0.3 is 6.03 Å². The first-order valence-corrected chi connectivity index (χ1v) is 8.63. The van der Waals surface area contributed by atoms with Crippen molar-refractivity contribution < 1.29 is 18.7 Å². The van der Waals surface area contributed by atoms with Crippen LogP contribution in [0.5, 0.6) is 11.5 Å². The van der Waals surface area contributed by atoms with Crippen molar-refractivity contribution in [3.63, 3.8) is 0 Å². The fourth-order valence-electron chi connectivity index (χ4n) is 3.56. The number of carbonyl (C=O) groups is 1. The summed E-state index contributed by atoms with van der Waals surface area (Å²) in [6.07, 6.45) is 0.530. The summed E-state index contributed by atoms with van der Waals surface area (Å²) in [5.41, 5.74) is 0.350. The van der Waals surface area contributed by atoms with Crippen LogP contribution in [-0.4, -0.2) is 18.9 Å². The minimum absolute atomic E-state index is 0.211. The molecule has 0 aromatic heterocycles. The highest BCUT2D eigenvalue weighted by Crippen LogP contribution is 2.50. The largest absolute Gasteiger partial charge is 0.493 e. The van der Waals surface area contributed by atoms with Gasteiger partial charge in [-0.3, -0.25) is 4.90 Å². The number of hydrogen-bond donors (Lipinski definition) is 1. The van der Waals surface area contributed by atoms with E-state index >= 15 is 0 Å². The molecule has 2 aliphatic rings. The molecule has 2 aromatic rings. The van der Waals surface area contributed by atoms with E-state index in [1.807, 2.05) is 19.1 Å². The van der Waals surface area contributed by atoms with Gasteiger partial charge in [0.2, 0.25) is 0 Å². The highest BCUT2D eigenvalue weighted by molar-refractivity contribution is 9.10. The molecule has 1 N–H and O–H groups in total. The maximum atomic E-state index is 13.7. The number of fused-ring (bicyclic) bond motifs is 4. The molecule has 1 saturated heterocycles. The fraction of sp³-hybridized carbons (Fsp3) is 0.278. The van der Waals surface area contributed by atoms with E-state index < -0.39 is 11.5 Å². The topological polar surface area (TPSA) is 50.8 Å². The molecule has 25 heavy (non-hydrogen) atoms. The average Bonchev–Trinajstić information content (AvgIpc) is 2.54. The lowest BCUT2D eigenvalue weighted by Gasteiger charge is -2.50. The van der Waals surface area contributed by atoms with Crippen LogP contribution in [0.2, 0.25) is 0 Å². The number of halogens is 2. The summed E-state index contributed by atoms with van der Waals surface area (Å²) in [6.45, 7) is 1.83. The maximum Gasteiger partial charge on any atom is 0.325 e. The zero-order valence-electron chi connectivity index (χ0n) is 13.7. The minimum Gasteiger partial charge on any atom is -0.493 e. The van der Waals surface area contributed by atoms with E-state index in [0.717, 1.165) is 10.0 Å².